The van der Waals surface area contributed by atoms with Crippen molar-refractivity contribution in [3.05, 3.63) is 54.5 Å². The summed E-state index contributed by atoms with van der Waals surface area (Å²) in [6, 6.07) is 6.22. The lowest BCUT2D eigenvalue weighted by molar-refractivity contribution is -0.161. The van der Waals surface area contributed by atoms with Crippen molar-refractivity contribution in [2.24, 2.45) is 17.3 Å². The largest absolute Gasteiger partial charge is 0.484 e. The number of hydrogen-bond acceptors (Lipinski definition) is 11. The number of Topliss-reactive ketones (excluding diaryl/α,β-unsaturated/α-hetero) is 1. The molecule has 13 nitrogen and oxygen atoms in total. The summed E-state index contributed by atoms with van der Waals surface area (Å²) < 4.78 is 57.2. The van der Waals surface area contributed by atoms with Crippen LogP contribution in [0.15, 0.2) is 47.5 Å². The number of rotatable bonds is 13. The molecule has 0 radical (unpaired) electrons. The lowest BCUT2D eigenvalue weighted by Gasteiger charge is -2.35. The molecule has 1 N–H and O–H groups in total. The van der Waals surface area contributed by atoms with E-state index in [0.29, 0.717) is 35.3 Å². The third kappa shape index (κ3) is 8.61. The van der Waals surface area contributed by atoms with E-state index >= 15 is 0 Å². The van der Waals surface area contributed by atoms with Gasteiger partial charge in [-0.3, -0.25) is 19.2 Å². The summed E-state index contributed by atoms with van der Waals surface area (Å²) in [5, 5.41) is 6.35. The van der Waals surface area contributed by atoms with Crippen molar-refractivity contribution in [3.63, 3.8) is 0 Å². The molecule has 15 heteroatoms. The third-order valence-corrected chi connectivity index (χ3v) is 12.6. The van der Waals surface area contributed by atoms with E-state index in [9.17, 15) is 32.0 Å². The van der Waals surface area contributed by atoms with Gasteiger partial charge in [-0.25, -0.2) is 17.8 Å². The predicted octanol–water partition coefficient (Wildman–Crippen LogP) is 5.29. The van der Waals surface area contributed by atoms with Crippen molar-refractivity contribution < 1.29 is 46.0 Å². The number of carbonyl (C=O) groups excluding carboxylic acids is 4. The van der Waals surface area contributed by atoms with Crippen LogP contribution in [0.1, 0.15) is 79.3 Å². The highest BCUT2D eigenvalue weighted by Crippen LogP contribution is 2.47. The number of halogens is 1. The number of aryl methyl sites for hydroxylation is 1. The number of aromatic nitrogens is 2. The molecule has 2 saturated carbocycles. The zero-order valence-corrected chi connectivity index (χ0v) is 33.1. The molecule has 1 aliphatic heterocycles. The Balaban J connectivity index is 1.33. The van der Waals surface area contributed by atoms with Crippen molar-refractivity contribution in [2.45, 2.75) is 109 Å². The van der Waals surface area contributed by atoms with Gasteiger partial charge in [-0.1, -0.05) is 32.0 Å². The fraction of sp³-hybridized carbons (Fsp3) is 0.550. The van der Waals surface area contributed by atoms with E-state index in [1.165, 1.54) is 23.1 Å². The average molecular weight is 781 g/mol. The number of ketones is 1. The number of carbonyl (C=O) groups is 4. The molecule has 3 fully saturated rings. The van der Waals surface area contributed by atoms with Crippen LogP contribution in [0.25, 0.3) is 22.4 Å². The second-order valence-corrected chi connectivity index (χ2v) is 19.4. The minimum Gasteiger partial charge on any atom is -0.484 e. The van der Waals surface area contributed by atoms with Crippen LogP contribution in [0.3, 0.4) is 0 Å². The van der Waals surface area contributed by atoms with Gasteiger partial charge in [0, 0.05) is 24.0 Å². The van der Waals surface area contributed by atoms with Gasteiger partial charge in [0.05, 0.1) is 29.8 Å². The Morgan fingerprint density at radius 3 is 2.38 bits per heavy atom. The van der Waals surface area contributed by atoms with Gasteiger partial charge < -0.3 is 24.2 Å². The van der Waals surface area contributed by atoms with Crippen LogP contribution in [-0.2, 0) is 33.8 Å². The molecule has 2 aromatic heterocycles. The van der Waals surface area contributed by atoms with Gasteiger partial charge in [0.2, 0.25) is 17.4 Å². The minimum absolute atomic E-state index is 0.0207. The number of hydrogen-bond donors (Lipinski definition) is 1. The number of benzene rings is 1. The van der Waals surface area contributed by atoms with Crippen LogP contribution in [0.4, 0.5) is 4.39 Å². The molecule has 3 aromatic rings. The maximum absolute atomic E-state index is 14.6. The Morgan fingerprint density at radius 1 is 1.13 bits per heavy atom. The first-order valence-electron chi connectivity index (χ1n) is 18.5. The van der Waals surface area contributed by atoms with Gasteiger partial charge in [-0.15, -0.1) is 6.58 Å². The van der Waals surface area contributed by atoms with E-state index in [4.69, 9.17) is 14.0 Å². The Bertz CT molecular complexity index is 2130. The number of sulfone groups is 1. The standard InChI is InChI=1S/C40H49FN4O9S/c1-9-24-19-40(24,32(46)21-55(50,51)27-14-15-27)43-36(48)30-16-26(20-45(30)37(49)28(38(3,4)5)17-33(47)53-39(6,7)8)52-31-18-29(23-10-12-25(41)13-11-23)42-34-22(2)44-54-35(31)34/h9-13,18,24,26-28,30H,1,14-17,19-21H2,2-8H3,(H,43,48)/t24-,26-,28-,30+,40-/m1/s1. The van der Waals surface area contributed by atoms with Crippen LogP contribution in [-0.4, -0.2) is 87.9 Å². The third-order valence-electron chi connectivity index (χ3n) is 10.5. The van der Waals surface area contributed by atoms with Gasteiger partial charge in [0.1, 0.15) is 46.1 Å². The second kappa shape index (κ2) is 14.4. The molecule has 5 atom stereocenters. The first kappa shape index (κ1) is 40.0. The Hall–Kier alpha value is -4.66. The van der Waals surface area contributed by atoms with E-state index < -0.39 is 90.8 Å². The quantitative estimate of drug-likeness (QED) is 0.176. The molecule has 2 aliphatic carbocycles. The summed E-state index contributed by atoms with van der Waals surface area (Å²) in [4.78, 5) is 61.8. The first-order valence-corrected chi connectivity index (χ1v) is 20.2. The minimum atomic E-state index is -3.68. The molecule has 1 aromatic carbocycles. The van der Waals surface area contributed by atoms with E-state index in [1.54, 1.807) is 45.9 Å². The lowest BCUT2D eigenvalue weighted by Crippen LogP contribution is -2.55. The van der Waals surface area contributed by atoms with Crippen LogP contribution < -0.4 is 10.1 Å². The van der Waals surface area contributed by atoms with Crippen molar-refractivity contribution in [1.82, 2.24) is 20.4 Å². The average Bonchev–Trinajstić information content (AvgIpc) is 3.99. The summed E-state index contributed by atoms with van der Waals surface area (Å²) in [7, 11) is -3.68. The second-order valence-electron chi connectivity index (χ2n) is 17.1. The van der Waals surface area contributed by atoms with Crippen molar-refractivity contribution in [3.8, 4) is 17.0 Å². The normalized spacial score (nSPS) is 23.3. The lowest BCUT2D eigenvalue weighted by atomic mass is 9.77. The molecule has 0 unspecified atom stereocenters. The van der Waals surface area contributed by atoms with Crippen molar-refractivity contribution in [2.75, 3.05) is 12.3 Å². The molecular weight excluding hydrogens is 732 g/mol. The summed E-state index contributed by atoms with van der Waals surface area (Å²) >= 11 is 0. The summed E-state index contributed by atoms with van der Waals surface area (Å²) in [6.45, 7) is 16.1. The molecule has 3 heterocycles. The molecular formula is C40H49FN4O9S. The maximum Gasteiger partial charge on any atom is 0.307 e. The van der Waals surface area contributed by atoms with Crippen molar-refractivity contribution >= 4 is 44.5 Å². The predicted molar refractivity (Wildman–Crippen MR) is 201 cm³/mol. The Morgan fingerprint density at radius 2 is 1.80 bits per heavy atom. The SMILES string of the molecule is C=C[C@@H]1C[C@]1(NC(=O)[C@@H]1C[C@@H](Oc2cc(-c3ccc(F)cc3)nc3c(C)noc23)CN1C(=O)[C@@H](CC(=O)OC(C)(C)C)C(C)(C)C)C(=O)CS(=O)(=O)C1CC1. The zero-order valence-electron chi connectivity index (χ0n) is 32.3. The van der Waals surface area contributed by atoms with Crippen LogP contribution in [0, 0.1) is 30.0 Å². The first-order chi connectivity index (χ1) is 25.6. The van der Waals surface area contributed by atoms with Crippen LogP contribution in [0.2, 0.25) is 0 Å². The number of ether oxygens (including phenoxy) is 2. The topological polar surface area (TPSA) is 175 Å². The number of fused-ring (bicyclic) bond motifs is 1. The highest BCUT2D eigenvalue weighted by molar-refractivity contribution is 7.93. The number of nitrogens with one attached hydrogen (secondary N) is 1. The molecule has 1 saturated heterocycles. The number of likely N-dealkylation sites (tertiary alicyclic amines) is 1. The molecule has 6 rings (SSSR count). The fourth-order valence-corrected chi connectivity index (χ4v) is 8.90. The van der Waals surface area contributed by atoms with Crippen LogP contribution >= 0.6 is 0 Å². The molecule has 296 valence electrons. The molecule has 0 bridgehead atoms. The zero-order chi connectivity index (χ0) is 40.2. The summed E-state index contributed by atoms with van der Waals surface area (Å²) in [5.41, 5.74) is -0.834. The molecule has 2 amide bonds. The summed E-state index contributed by atoms with van der Waals surface area (Å²) in [5.74, 6) is -4.62. The van der Waals surface area contributed by atoms with E-state index in [2.05, 4.69) is 22.0 Å². The highest BCUT2D eigenvalue weighted by atomic mass is 32.2. The van der Waals surface area contributed by atoms with Gasteiger partial charge in [0.15, 0.2) is 21.4 Å². The van der Waals surface area contributed by atoms with Crippen molar-refractivity contribution in [1.29, 1.82) is 0 Å². The number of nitrogens with zero attached hydrogens (tertiary/aromatic N) is 3. The Kier molecular flexibility index (Phi) is 10.5. The number of esters is 1. The molecule has 55 heavy (non-hydrogen) atoms. The van der Waals surface area contributed by atoms with Gasteiger partial charge in [-0.05, 0) is 76.6 Å². The maximum atomic E-state index is 14.6. The van der Waals surface area contributed by atoms with E-state index in [0.717, 1.165) is 0 Å². The van der Waals surface area contributed by atoms with E-state index in [1.807, 2.05) is 20.8 Å². The monoisotopic (exact) mass is 780 g/mol. The smallest absolute Gasteiger partial charge is 0.307 e. The Labute approximate surface area is 320 Å². The van der Waals surface area contributed by atoms with Gasteiger partial charge in [0.25, 0.3) is 0 Å². The molecule has 3 aliphatic rings. The summed E-state index contributed by atoms with van der Waals surface area (Å²) in [6.07, 6.45) is 1.64. The van der Waals surface area contributed by atoms with Crippen LogP contribution in [0.5, 0.6) is 5.75 Å². The number of amides is 2. The van der Waals surface area contributed by atoms with Gasteiger partial charge >= 0.3 is 5.97 Å². The van der Waals surface area contributed by atoms with Gasteiger partial charge in [-0.2, -0.15) is 0 Å². The molecule has 0 spiro atoms. The highest BCUT2D eigenvalue weighted by Gasteiger charge is 2.61. The van der Waals surface area contributed by atoms with E-state index in [-0.39, 0.29) is 37.1 Å². The number of pyridine rings is 1. The fourth-order valence-electron chi connectivity index (χ4n) is 7.19.